The second kappa shape index (κ2) is 11.0. The Bertz CT molecular complexity index is 1360. The molecule has 1 aliphatic heterocycles. The van der Waals surface area contributed by atoms with Crippen molar-refractivity contribution in [2.24, 2.45) is 4.99 Å². The summed E-state index contributed by atoms with van der Waals surface area (Å²) in [5.41, 5.74) is 3.52. The van der Waals surface area contributed by atoms with Gasteiger partial charge in [-0.05, 0) is 74.8 Å². The summed E-state index contributed by atoms with van der Waals surface area (Å²) in [5.74, 6) is 0.157. The highest BCUT2D eigenvalue weighted by Gasteiger charge is 2.44. The van der Waals surface area contributed by atoms with Crippen molar-refractivity contribution in [3.8, 4) is 0 Å². The molecule has 3 aromatic rings. The third kappa shape index (κ3) is 6.21. The Kier molecular flexibility index (Phi) is 7.86. The lowest BCUT2D eigenvalue weighted by atomic mass is 9.98. The Morgan fingerprint density at radius 3 is 2.49 bits per heavy atom. The quantitative estimate of drug-likeness (QED) is 0.299. The van der Waals surface area contributed by atoms with E-state index in [1.807, 2.05) is 24.4 Å². The van der Waals surface area contributed by atoms with Gasteiger partial charge in [-0.15, -0.1) is 0 Å². The Hall–Kier alpha value is -2.75. The number of carbonyl (C=O) groups is 1. The van der Waals surface area contributed by atoms with Crippen molar-refractivity contribution >= 4 is 34.7 Å². The average Bonchev–Trinajstić information content (AvgIpc) is 3.66. The second-order valence-corrected chi connectivity index (χ2v) is 11.8. The molecule has 208 valence electrons. The van der Waals surface area contributed by atoms with Gasteiger partial charge >= 0.3 is 5.97 Å². The van der Waals surface area contributed by atoms with E-state index in [1.54, 1.807) is 25.3 Å². The molecule has 0 unspecified atom stereocenters. The normalized spacial score (nSPS) is 25.9. The molecule has 39 heavy (non-hydrogen) atoms. The summed E-state index contributed by atoms with van der Waals surface area (Å²) in [7, 11) is 0. The van der Waals surface area contributed by atoms with Gasteiger partial charge in [0.25, 0.3) is 0 Å². The lowest BCUT2D eigenvalue weighted by Gasteiger charge is -2.40. The van der Waals surface area contributed by atoms with Crippen LogP contribution in [-0.2, 0) is 20.7 Å². The Morgan fingerprint density at radius 2 is 1.82 bits per heavy atom. The number of aliphatic imine (C=N–C) groups is 1. The van der Waals surface area contributed by atoms with Crippen LogP contribution in [0.1, 0.15) is 62.4 Å². The van der Waals surface area contributed by atoms with Gasteiger partial charge in [-0.1, -0.05) is 41.9 Å². The zero-order valence-corrected chi connectivity index (χ0v) is 23.1. The molecule has 8 nitrogen and oxygen atoms in total. The molecule has 2 fully saturated rings. The van der Waals surface area contributed by atoms with Crippen LogP contribution in [0.3, 0.4) is 0 Å². The first-order chi connectivity index (χ1) is 18.5. The van der Waals surface area contributed by atoms with E-state index in [-0.39, 0.29) is 6.54 Å². The molecule has 3 N–H and O–H groups in total. The number of aromatic nitrogens is 1. The van der Waals surface area contributed by atoms with Crippen LogP contribution in [0.15, 0.2) is 53.7 Å². The molecule has 0 radical (unpaired) electrons. The van der Waals surface area contributed by atoms with Crippen LogP contribution < -0.4 is 0 Å². The number of halogens is 1. The molecule has 1 aromatic heterocycles. The molecule has 5 atom stereocenters. The number of aliphatic hydroxyl groups is 3. The number of hydrogen-bond donors (Lipinski definition) is 3. The van der Waals surface area contributed by atoms with Gasteiger partial charge in [-0.3, -0.25) is 9.79 Å². The third-order valence-electron chi connectivity index (χ3n) is 7.10. The summed E-state index contributed by atoms with van der Waals surface area (Å²) in [6, 6.07) is 14.1. The molecule has 2 aliphatic rings. The Labute approximate surface area is 232 Å². The fourth-order valence-electron chi connectivity index (χ4n) is 5.08. The van der Waals surface area contributed by atoms with Gasteiger partial charge in [0.05, 0.1) is 10.5 Å². The maximum atomic E-state index is 12.0. The van der Waals surface area contributed by atoms with E-state index in [2.05, 4.69) is 29.3 Å². The standard InChI is InChI=1S/C30H35ClN2O6/c1-30(2,3)39-24(34)15-32-14-23-26(35)27(36)28(37)29(38-23)33-16-20(25-21(31)5-4-6-22(25)33)13-17-7-9-18(10-8-17)19-11-12-19/h4-10,14,16,19,23,26-29,35-37H,11-13,15H2,1-3H3/t23-,26-,27+,28-,29-/m1/s1. The molecular weight excluding hydrogens is 520 g/mol. The van der Waals surface area contributed by atoms with Gasteiger partial charge in [-0.25, -0.2) is 0 Å². The number of hydrogen-bond acceptors (Lipinski definition) is 7. The summed E-state index contributed by atoms with van der Waals surface area (Å²) in [6.07, 6.45) is -0.192. The van der Waals surface area contributed by atoms with Crippen LogP contribution in [0.5, 0.6) is 0 Å². The first-order valence-electron chi connectivity index (χ1n) is 13.3. The first-order valence-corrected chi connectivity index (χ1v) is 13.7. The van der Waals surface area contributed by atoms with Gasteiger partial charge < -0.3 is 29.4 Å². The molecule has 0 bridgehead atoms. The highest BCUT2D eigenvalue weighted by atomic mass is 35.5. The van der Waals surface area contributed by atoms with Gasteiger partial charge in [0.1, 0.15) is 36.6 Å². The lowest BCUT2D eigenvalue weighted by molar-refractivity contribution is -0.225. The van der Waals surface area contributed by atoms with E-state index in [0.717, 1.165) is 22.0 Å². The van der Waals surface area contributed by atoms with E-state index in [9.17, 15) is 20.1 Å². The van der Waals surface area contributed by atoms with Crippen molar-refractivity contribution in [3.05, 3.63) is 70.4 Å². The van der Waals surface area contributed by atoms with Crippen molar-refractivity contribution in [2.45, 2.75) is 82.2 Å². The molecule has 1 saturated carbocycles. The van der Waals surface area contributed by atoms with E-state index in [1.165, 1.54) is 24.6 Å². The van der Waals surface area contributed by atoms with Crippen molar-refractivity contribution in [2.75, 3.05) is 6.54 Å². The van der Waals surface area contributed by atoms with Crippen LogP contribution in [0.4, 0.5) is 0 Å². The Morgan fingerprint density at radius 1 is 1.10 bits per heavy atom. The fourth-order valence-corrected chi connectivity index (χ4v) is 5.37. The minimum Gasteiger partial charge on any atom is -0.459 e. The van der Waals surface area contributed by atoms with Crippen molar-refractivity contribution < 1.29 is 29.6 Å². The second-order valence-electron chi connectivity index (χ2n) is 11.4. The summed E-state index contributed by atoms with van der Waals surface area (Å²) < 4.78 is 13.1. The topological polar surface area (TPSA) is 114 Å². The molecule has 5 rings (SSSR count). The zero-order valence-electron chi connectivity index (χ0n) is 22.3. The van der Waals surface area contributed by atoms with Crippen molar-refractivity contribution in [3.63, 3.8) is 0 Å². The lowest BCUT2D eigenvalue weighted by Crippen LogP contribution is -2.55. The van der Waals surface area contributed by atoms with Crippen LogP contribution in [0.2, 0.25) is 5.02 Å². The van der Waals surface area contributed by atoms with E-state index in [0.29, 0.717) is 17.4 Å². The number of fused-ring (bicyclic) bond motifs is 1. The zero-order chi connectivity index (χ0) is 27.9. The molecule has 1 saturated heterocycles. The molecule has 1 aliphatic carbocycles. The van der Waals surface area contributed by atoms with Gasteiger partial charge in [-0.2, -0.15) is 0 Å². The van der Waals surface area contributed by atoms with Crippen molar-refractivity contribution in [1.29, 1.82) is 0 Å². The minimum absolute atomic E-state index is 0.265. The predicted octanol–water partition coefficient (Wildman–Crippen LogP) is 4.16. The van der Waals surface area contributed by atoms with Gasteiger partial charge in [0.15, 0.2) is 6.23 Å². The third-order valence-corrected chi connectivity index (χ3v) is 7.42. The molecule has 0 spiro atoms. The number of esters is 1. The van der Waals surface area contributed by atoms with Gasteiger partial charge in [0, 0.05) is 17.8 Å². The summed E-state index contributed by atoms with van der Waals surface area (Å²) in [4.78, 5) is 16.1. The van der Waals surface area contributed by atoms with E-state index >= 15 is 0 Å². The number of rotatable bonds is 7. The predicted molar refractivity (Wildman–Crippen MR) is 149 cm³/mol. The molecule has 0 amide bonds. The molecule has 2 heterocycles. The first kappa shape index (κ1) is 27.8. The number of nitrogens with zero attached hydrogens (tertiary/aromatic N) is 2. The highest BCUT2D eigenvalue weighted by Crippen LogP contribution is 2.40. The summed E-state index contributed by atoms with van der Waals surface area (Å²) >= 11 is 6.65. The van der Waals surface area contributed by atoms with Crippen LogP contribution in [0.25, 0.3) is 10.9 Å². The maximum absolute atomic E-state index is 12.0. The number of aliphatic hydroxyl groups excluding tert-OH is 3. The number of ether oxygens (including phenoxy) is 2. The summed E-state index contributed by atoms with van der Waals surface area (Å²) in [6.45, 7) is 5.02. The molecule has 9 heteroatoms. The maximum Gasteiger partial charge on any atom is 0.328 e. The monoisotopic (exact) mass is 554 g/mol. The largest absolute Gasteiger partial charge is 0.459 e. The molecule has 2 aromatic carbocycles. The number of carbonyl (C=O) groups excluding carboxylic acids is 1. The van der Waals surface area contributed by atoms with Crippen LogP contribution >= 0.6 is 11.6 Å². The number of benzene rings is 2. The minimum atomic E-state index is -1.50. The Balaban J connectivity index is 1.41. The fraction of sp³-hybridized carbons (Fsp3) is 0.467. The average molecular weight is 555 g/mol. The van der Waals surface area contributed by atoms with Crippen molar-refractivity contribution in [1.82, 2.24) is 4.57 Å². The van der Waals surface area contributed by atoms with E-state index in [4.69, 9.17) is 21.1 Å². The van der Waals surface area contributed by atoms with Crippen LogP contribution in [-0.4, -0.2) is 68.6 Å². The van der Waals surface area contributed by atoms with Gasteiger partial charge in [0.2, 0.25) is 0 Å². The SMILES string of the molecule is CC(C)(C)OC(=O)CN=C[C@H]1O[C@@H](n2cc(Cc3ccc(C4CC4)cc3)c3c(Cl)cccc32)[C@H](O)[C@@H](O)[C@@H]1O. The molecular formula is C30H35ClN2O6. The highest BCUT2D eigenvalue weighted by molar-refractivity contribution is 6.35. The van der Waals surface area contributed by atoms with E-state index < -0.39 is 42.2 Å². The smallest absolute Gasteiger partial charge is 0.328 e. The summed E-state index contributed by atoms with van der Waals surface area (Å²) in [5, 5.41) is 33.6. The van der Waals surface area contributed by atoms with Crippen LogP contribution in [0, 0.1) is 0 Å².